The van der Waals surface area contributed by atoms with E-state index in [9.17, 15) is 9.59 Å². The molecule has 0 aliphatic heterocycles. The van der Waals surface area contributed by atoms with Crippen LogP contribution in [0.15, 0.2) is 0 Å². The molecule has 0 radical (unpaired) electrons. The molecule has 0 bridgehead atoms. The molecule has 0 aromatic rings. The van der Waals surface area contributed by atoms with Crippen LogP contribution in [0.25, 0.3) is 0 Å². The number of nitrogens with zero attached hydrogens (tertiary/aromatic N) is 1. The lowest BCUT2D eigenvalue weighted by atomic mass is 10.3. The van der Waals surface area contributed by atoms with Gasteiger partial charge >= 0.3 is 5.97 Å². The van der Waals surface area contributed by atoms with E-state index in [1.165, 1.54) is 26.0 Å². The molecule has 0 heterocycles. The monoisotopic (exact) mass is 189 g/mol. The summed E-state index contributed by atoms with van der Waals surface area (Å²) in [6.07, 6.45) is 0.213. The first-order valence-corrected chi connectivity index (χ1v) is 3.98. The fourth-order valence-corrected chi connectivity index (χ4v) is 0.747. The van der Waals surface area contributed by atoms with Gasteiger partial charge in [-0.2, -0.15) is 0 Å². The molecular formula is C8H15NO4. The third kappa shape index (κ3) is 3.89. The average Bonchev–Trinajstić information content (AvgIpc) is 2.11. The van der Waals surface area contributed by atoms with Crippen LogP contribution in [0, 0.1) is 0 Å². The van der Waals surface area contributed by atoms with E-state index in [-0.39, 0.29) is 12.3 Å². The lowest BCUT2D eigenvalue weighted by molar-refractivity contribution is -0.148. The lowest BCUT2D eigenvalue weighted by Gasteiger charge is -2.21. The van der Waals surface area contributed by atoms with Gasteiger partial charge in [-0.15, -0.1) is 0 Å². The third-order valence-corrected chi connectivity index (χ3v) is 1.85. The molecule has 1 N–H and O–H groups in total. The van der Waals surface area contributed by atoms with Gasteiger partial charge in [0.2, 0.25) is 5.91 Å². The van der Waals surface area contributed by atoms with Crippen LogP contribution in [0.2, 0.25) is 0 Å². The predicted octanol–water partition coefficient (Wildman–Crippen LogP) is -0.0456. The van der Waals surface area contributed by atoms with Crippen LogP contribution >= 0.6 is 0 Å². The van der Waals surface area contributed by atoms with E-state index < -0.39 is 12.0 Å². The van der Waals surface area contributed by atoms with E-state index in [4.69, 9.17) is 9.84 Å². The second-order valence-corrected chi connectivity index (χ2v) is 2.76. The number of methoxy groups -OCH3 is 1. The summed E-state index contributed by atoms with van der Waals surface area (Å²) in [4.78, 5) is 22.9. The van der Waals surface area contributed by atoms with Gasteiger partial charge in [-0.1, -0.05) is 0 Å². The minimum absolute atomic E-state index is 0.213. The van der Waals surface area contributed by atoms with Crippen LogP contribution in [0.5, 0.6) is 0 Å². The van der Waals surface area contributed by atoms with Crippen molar-refractivity contribution in [3.05, 3.63) is 0 Å². The summed E-state index contributed by atoms with van der Waals surface area (Å²) in [5.74, 6) is -1.23. The van der Waals surface area contributed by atoms with Crippen molar-refractivity contribution >= 4 is 11.9 Å². The van der Waals surface area contributed by atoms with Crippen LogP contribution in [-0.2, 0) is 14.3 Å². The Balaban J connectivity index is 4.01. The van der Waals surface area contributed by atoms with Gasteiger partial charge < -0.3 is 14.7 Å². The molecule has 0 aliphatic rings. The second kappa shape index (κ2) is 5.53. The molecule has 1 amide bonds. The molecule has 13 heavy (non-hydrogen) atoms. The van der Waals surface area contributed by atoms with E-state index in [1.807, 2.05) is 0 Å². The highest BCUT2D eigenvalue weighted by molar-refractivity contribution is 5.83. The van der Waals surface area contributed by atoms with E-state index in [2.05, 4.69) is 0 Å². The van der Waals surface area contributed by atoms with Gasteiger partial charge in [-0.05, 0) is 6.92 Å². The second-order valence-electron chi connectivity index (χ2n) is 2.76. The Bertz CT molecular complexity index is 193. The highest BCUT2D eigenvalue weighted by Gasteiger charge is 2.20. The smallest absolute Gasteiger partial charge is 0.326 e. The first-order chi connectivity index (χ1) is 6.00. The molecule has 5 heteroatoms. The molecule has 0 saturated heterocycles. The number of aliphatic carboxylic acids is 1. The molecule has 5 nitrogen and oxygen atoms in total. The zero-order chi connectivity index (χ0) is 10.4. The highest BCUT2D eigenvalue weighted by atomic mass is 16.5. The Hall–Kier alpha value is -1.10. The van der Waals surface area contributed by atoms with Gasteiger partial charge in [0.05, 0.1) is 13.0 Å². The van der Waals surface area contributed by atoms with Crippen molar-refractivity contribution in [1.82, 2.24) is 4.90 Å². The number of carboxylic acid groups (broad SMARTS) is 1. The molecule has 0 fully saturated rings. The van der Waals surface area contributed by atoms with Crippen LogP contribution in [0.1, 0.15) is 13.3 Å². The summed E-state index contributed by atoms with van der Waals surface area (Å²) in [6, 6.07) is -0.788. The number of rotatable bonds is 5. The predicted molar refractivity (Wildman–Crippen MR) is 46.4 cm³/mol. The van der Waals surface area contributed by atoms with Gasteiger partial charge in [0.1, 0.15) is 6.04 Å². The molecule has 0 aromatic heterocycles. The quantitative estimate of drug-likeness (QED) is 0.658. The summed E-state index contributed by atoms with van der Waals surface area (Å²) in [7, 11) is 2.96. The molecule has 0 aromatic carbocycles. The SMILES string of the molecule is COCCC(=O)N(C)C(C)C(=O)O. The summed E-state index contributed by atoms with van der Waals surface area (Å²) in [6.45, 7) is 1.78. The van der Waals surface area contributed by atoms with E-state index in [1.54, 1.807) is 0 Å². The first kappa shape index (κ1) is 11.9. The summed E-state index contributed by atoms with van der Waals surface area (Å²) < 4.78 is 4.71. The van der Waals surface area contributed by atoms with Gasteiger partial charge in [0.15, 0.2) is 0 Å². The maximum atomic E-state index is 11.2. The first-order valence-electron chi connectivity index (χ1n) is 3.98. The van der Waals surface area contributed by atoms with Crippen LogP contribution in [0.4, 0.5) is 0 Å². The van der Waals surface area contributed by atoms with Gasteiger partial charge in [0.25, 0.3) is 0 Å². The maximum absolute atomic E-state index is 11.2. The van der Waals surface area contributed by atoms with Crippen molar-refractivity contribution in [3.8, 4) is 0 Å². The number of carboxylic acids is 1. The molecule has 0 saturated carbocycles. The zero-order valence-electron chi connectivity index (χ0n) is 8.11. The van der Waals surface area contributed by atoms with Crippen molar-refractivity contribution in [2.75, 3.05) is 20.8 Å². The van der Waals surface area contributed by atoms with Crippen LogP contribution in [-0.4, -0.2) is 48.7 Å². The number of ether oxygens (including phenoxy) is 1. The largest absolute Gasteiger partial charge is 0.480 e. The zero-order valence-corrected chi connectivity index (χ0v) is 8.11. The van der Waals surface area contributed by atoms with Gasteiger partial charge in [-0.25, -0.2) is 4.79 Å². The van der Waals surface area contributed by atoms with Crippen molar-refractivity contribution in [2.45, 2.75) is 19.4 Å². The average molecular weight is 189 g/mol. The Morgan fingerprint density at radius 3 is 2.46 bits per heavy atom. The number of carbonyl (C=O) groups is 2. The topological polar surface area (TPSA) is 66.8 Å². The number of likely N-dealkylation sites (N-methyl/N-ethyl adjacent to an activating group) is 1. The minimum atomic E-state index is -1.01. The van der Waals surface area contributed by atoms with Crippen molar-refractivity contribution < 1.29 is 19.4 Å². The molecule has 76 valence electrons. The van der Waals surface area contributed by atoms with E-state index in [0.29, 0.717) is 6.61 Å². The molecule has 1 unspecified atom stereocenters. The third-order valence-electron chi connectivity index (χ3n) is 1.85. The fraction of sp³-hybridized carbons (Fsp3) is 0.750. The van der Waals surface area contributed by atoms with Crippen molar-refractivity contribution in [1.29, 1.82) is 0 Å². The number of amides is 1. The summed E-state index contributed by atoms with van der Waals surface area (Å²) >= 11 is 0. The standard InChI is InChI=1S/C8H15NO4/c1-6(8(11)12)9(2)7(10)4-5-13-3/h6H,4-5H2,1-3H3,(H,11,12). The number of hydrogen-bond donors (Lipinski definition) is 1. The molecule has 0 spiro atoms. The Morgan fingerprint density at radius 2 is 2.08 bits per heavy atom. The van der Waals surface area contributed by atoms with Gasteiger partial charge in [0, 0.05) is 14.2 Å². The lowest BCUT2D eigenvalue weighted by Crippen LogP contribution is -2.40. The Kier molecular flexibility index (Phi) is 5.06. The van der Waals surface area contributed by atoms with E-state index in [0.717, 1.165) is 0 Å². The normalized spacial score (nSPS) is 12.2. The van der Waals surface area contributed by atoms with E-state index >= 15 is 0 Å². The number of hydrogen-bond acceptors (Lipinski definition) is 3. The fourth-order valence-electron chi connectivity index (χ4n) is 0.747. The highest BCUT2D eigenvalue weighted by Crippen LogP contribution is 1.99. The molecule has 1 atom stereocenters. The summed E-state index contributed by atoms with van der Waals surface area (Å²) in [5, 5.41) is 8.60. The van der Waals surface area contributed by atoms with Crippen molar-refractivity contribution in [2.24, 2.45) is 0 Å². The Labute approximate surface area is 77.3 Å². The molecule has 0 rings (SSSR count). The molecule has 0 aliphatic carbocycles. The van der Waals surface area contributed by atoms with Crippen molar-refractivity contribution in [3.63, 3.8) is 0 Å². The minimum Gasteiger partial charge on any atom is -0.480 e. The van der Waals surface area contributed by atoms with Crippen LogP contribution in [0.3, 0.4) is 0 Å². The van der Waals surface area contributed by atoms with Gasteiger partial charge in [-0.3, -0.25) is 4.79 Å². The Morgan fingerprint density at radius 1 is 1.54 bits per heavy atom. The van der Waals surface area contributed by atoms with Crippen LogP contribution < -0.4 is 0 Å². The maximum Gasteiger partial charge on any atom is 0.326 e. The molecular weight excluding hydrogens is 174 g/mol. The number of carbonyl (C=O) groups excluding carboxylic acids is 1. The summed E-state index contributed by atoms with van der Waals surface area (Å²) in [5.41, 5.74) is 0.